The molecule has 0 fully saturated rings. The van der Waals surface area contributed by atoms with Gasteiger partial charge in [-0.15, -0.1) is 0 Å². The lowest BCUT2D eigenvalue weighted by Crippen LogP contribution is -2.37. The van der Waals surface area contributed by atoms with Crippen LogP contribution >= 0.6 is 23.2 Å². The largest absolute Gasteiger partial charge is 0.454 e. The van der Waals surface area contributed by atoms with Crippen LogP contribution in [0.25, 0.3) is 0 Å². The quantitative estimate of drug-likeness (QED) is 0.319. The highest BCUT2D eigenvalue weighted by Gasteiger charge is 2.26. The highest BCUT2D eigenvalue weighted by Crippen LogP contribution is 2.40. The molecule has 1 aliphatic heterocycles. The van der Waals surface area contributed by atoms with Gasteiger partial charge in [0.05, 0.1) is 15.0 Å². The lowest BCUT2D eigenvalue weighted by Gasteiger charge is -2.29. The van der Waals surface area contributed by atoms with Crippen molar-refractivity contribution in [2.75, 3.05) is 6.54 Å². The number of hydrogen-bond acceptors (Lipinski definition) is 4. The van der Waals surface area contributed by atoms with Gasteiger partial charge in [-0.1, -0.05) is 29.3 Å². The van der Waals surface area contributed by atoms with Gasteiger partial charge < -0.3 is 9.64 Å². The average molecular weight is 475 g/mol. The Hall–Kier alpha value is -3.16. The van der Waals surface area contributed by atoms with E-state index in [0.29, 0.717) is 30.8 Å². The Morgan fingerprint density at radius 3 is 2.53 bits per heavy atom. The summed E-state index contributed by atoms with van der Waals surface area (Å²) in [7, 11) is 0. The summed E-state index contributed by atoms with van der Waals surface area (Å²) in [5, 5.41) is 11.0. The lowest BCUT2D eigenvalue weighted by molar-refractivity contribution is -0.384. The van der Waals surface area contributed by atoms with Crippen molar-refractivity contribution in [1.29, 1.82) is 0 Å². The van der Waals surface area contributed by atoms with Gasteiger partial charge in [-0.3, -0.25) is 14.9 Å². The van der Waals surface area contributed by atoms with Crippen LogP contribution < -0.4 is 4.74 Å². The number of amides is 1. The van der Waals surface area contributed by atoms with E-state index in [1.807, 2.05) is 6.92 Å². The molecule has 0 unspecified atom stereocenters. The molecule has 1 amide bonds. The molecule has 6 nitrogen and oxygen atoms in total. The zero-order chi connectivity index (χ0) is 23.0. The van der Waals surface area contributed by atoms with Crippen molar-refractivity contribution in [2.45, 2.75) is 19.9 Å². The molecule has 164 valence electrons. The van der Waals surface area contributed by atoms with Crippen LogP contribution in [-0.2, 0) is 13.0 Å². The van der Waals surface area contributed by atoms with E-state index >= 15 is 0 Å². The number of nitro benzene ring substituents is 1. The molecule has 3 aromatic carbocycles. The summed E-state index contributed by atoms with van der Waals surface area (Å²) in [5.74, 6) is 0.0292. The van der Waals surface area contributed by atoms with Gasteiger partial charge in [0.25, 0.3) is 11.6 Å². The minimum Gasteiger partial charge on any atom is -0.454 e. The molecule has 0 aromatic heterocycles. The van der Waals surface area contributed by atoms with Gasteiger partial charge in [-0.2, -0.15) is 0 Å². The maximum atomic E-state index is 13.6. The zero-order valence-corrected chi connectivity index (χ0v) is 18.4. The van der Waals surface area contributed by atoms with Crippen LogP contribution in [0.5, 0.6) is 11.5 Å². The highest BCUT2D eigenvalue weighted by atomic mass is 35.5. The Kier molecular flexibility index (Phi) is 6.04. The van der Waals surface area contributed by atoms with Gasteiger partial charge in [0.2, 0.25) is 0 Å². The number of non-ortho nitro benzene ring substituents is 1. The van der Waals surface area contributed by atoms with E-state index in [1.54, 1.807) is 29.2 Å². The monoisotopic (exact) mass is 474 g/mol. The van der Waals surface area contributed by atoms with E-state index in [2.05, 4.69) is 0 Å². The van der Waals surface area contributed by atoms with Crippen molar-refractivity contribution in [3.63, 3.8) is 0 Å². The first-order valence-corrected chi connectivity index (χ1v) is 10.5. The number of nitrogens with zero attached hydrogens (tertiary/aromatic N) is 2. The molecule has 0 radical (unpaired) electrons. The molecule has 32 heavy (non-hydrogen) atoms. The number of hydrogen-bond donors (Lipinski definition) is 0. The zero-order valence-electron chi connectivity index (χ0n) is 16.9. The van der Waals surface area contributed by atoms with Gasteiger partial charge in [-0.05, 0) is 60.4 Å². The maximum absolute atomic E-state index is 13.6. The summed E-state index contributed by atoms with van der Waals surface area (Å²) >= 11 is 12.2. The minimum atomic E-state index is -0.594. The van der Waals surface area contributed by atoms with Crippen LogP contribution in [0, 0.1) is 22.9 Å². The molecule has 4 rings (SSSR count). The second-order valence-corrected chi connectivity index (χ2v) is 8.28. The molecule has 0 atom stereocenters. The molecule has 1 aliphatic rings. The number of aryl methyl sites for hydroxylation is 1. The molecule has 0 saturated carbocycles. The van der Waals surface area contributed by atoms with Gasteiger partial charge in [0.1, 0.15) is 11.6 Å². The number of carbonyl (C=O) groups excluding carboxylic acids is 1. The fourth-order valence-corrected chi connectivity index (χ4v) is 4.16. The first-order valence-electron chi connectivity index (χ1n) is 9.71. The van der Waals surface area contributed by atoms with Crippen molar-refractivity contribution in [3.05, 3.63) is 96.8 Å². The van der Waals surface area contributed by atoms with Crippen LogP contribution in [0.15, 0.2) is 48.5 Å². The smallest absolute Gasteiger partial charge is 0.272 e. The molecular weight excluding hydrogens is 458 g/mol. The third-order valence-electron chi connectivity index (χ3n) is 5.33. The molecule has 0 bridgehead atoms. The number of nitro groups is 1. The number of benzene rings is 3. The number of fused-ring (bicyclic) bond motifs is 1. The van der Waals surface area contributed by atoms with Crippen molar-refractivity contribution in [3.8, 4) is 11.5 Å². The fraction of sp³-hybridized carbons (Fsp3) is 0.174. The van der Waals surface area contributed by atoms with Gasteiger partial charge in [0.15, 0.2) is 5.75 Å². The molecule has 1 heterocycles. The number of carbonyl (C=O) groups is 1. The summed E-state index contributed by atoms with van der Waals surface area (Å²) in [5.41, 5.74) is 2.79. The molecule has 0 saturated heterocycles. The molecule has 3 aromatic rings. The number of ether oxygens (including phenoxy) is 1. The summed E-state index contributed by atoms with van der Waals surface area (Å²) in [6.45, 7) is 2.69. The Balaban J connectivity index is 1.55. The third-order valence-corrected chi connectivity index (χ3v) is 5.89. The van der Waals surface area contributed by atoms with Crippen molar-refractivity contribution < 1.29 is 18.8 Å². The van der Waals surface area contributed by atoms with E-state index in [0.717, 1.165) is 28.8 Å². The molecule has 0 spiro atoms. The first kappa shape index (κ1) is 22.0. The fourth-order valence-electron chi connectivity index (χ4n) is 3.61. The number of halogens is 3. The Bertz CT molecular complexity index is 1230. The van der Waals surface area contributed by atoms with Crippen LogP contribution in [0.3, 0.4) is 0 Å². The summed E-state index contributed by atoms with van der Waals surface area (Å²) in [4.78, 5) is 25.0. The lowest BCUT2D eigenvalue weighted by atomic mass is 9.97. The molecule has 9 heteroatoms. The van der Waals surface area contributed by atoms with E-state index in [9.17, 15) is 19.3 Å². The van der Waals surface area contributed by atoms with E-state index in [4.69, 9.17) is 27.9 Å². The minimum absolute atomic E-state index is 0.00892. The second-order valence-electron chi connectivity index (χ2n) is 7.46. The third kappa shape index (κ3) is 4.40. The van der Waals surface area contributed by atoms with Crippen LogP contribution in [0.2, 0.25) is 10.0 Å². The van der Waals surface area contributed by atoms with Gasteiger partial charge >= 0.3 is 0 Å². The summed E-state index contributed by atoms with van der Waals surface area (Å²) in [6, 6.07) is 11.9. The Morgan fingerprint density at radius 2 is 1.84 bits per heavy atom. The maximum Gasteiger partial charge on any atom is 0.272 e. The van der Waals surface area contributed by atoms with Crippen molar-refractivity contribution in [2.24, 2.45) is 0 Å². The number of rotatable bonds is 5. The Labute approximate surface area is 193 Å². The molecular formula is C23H17Cl2FN2O4. The Morgan fingerprint density at radius 1 is 1.12 bits per heavy atom. The molecule has 0 N–H and O–H groups in total. The highest BCUT2D eigenvalue weighted by molar-refractivity contribution is 6.37. The van der Waals surface area contributed by atoms with Crippen LogP contribution in [-0.4, -0.2) is 22.3 Å². The SMILES string of the molecule is Cc1ccc(F)cc1CN1CCc2cc(Oc3c(Cl)cc([N+](=O)[O-])cc3Cl)ccc2C1=O. The predicted molar refractivity (Wildman–Crippen MR) is 119 cm³/mol. The van der Waals surface area contributed by atoms with E-state index in [1.165, 1.54) is 12.1 Å². The van der Waals surface area contributed by atoms with Crippen LogP contribution in [0.4, 0.5) is 10.1 Å². The van der Waals surface area contributed by atoms with Gasteiger partial charge in [-0.25, -0.2) is 4.39 Å². The van der Waals surface area contributed by atoms with E-state index in [-0.39, 0.29) is 33.2 Å². The normalized spacial score (nSPS) is 13.1. The van der Waals surface area contributed by atoms with Crippen LogP contribution in [0.1, 0.15) is 27.0 Å². The second kappa shape index (κ2) is 8.76. The van der Waals surface area contributed by atoms with E-state index < -0.39 is 4.92 Å². The summed E-state index contributed by atoms with van der Waals surface area (Å²) < 4.78 is 19.4. The predicted octanol–water partition coefficient (Wildman–Crippen LogP) is 6.34. The topological polar surface area (TPSA) is 72.7 Å². The van der Waals surface area contributed by atoms with Crippen molar-refractivity contribution >= 4 is 34.8 Å². The van der Waals surface area contributed by atoms with Gasteiger partial charge in [0, 0.05) is 30.8 Å². The summed E-state index contributed by atoms with van der Waals surface area (Å²) in [6.07, 6.45) is 0.592. The molecule has 0 aliphatic carbocycles. The first-order chi connectivity index (χ1) is 15.2. The van der Waals surface area contributed by atoms with Crippen molar-refractivity contribution in [1.82, 2.24) is 4.90 Å². The standard InChI is InChI=1S/C23H17Cl2FN2O4/c1-13-2-3-16(26)8-15(13)12-27-7-6-14-9-18(4-5-19(14)23(27)29)32-22-20(24)10-17(28(30)31)11-21(22)25/h2-5,8-11H,6-7,12H2,1H3. The average Bonchev–Trinajstić information content (AvgIpc) is 2.75.